The Morgan fingerprint density at radius 1 is 0.429 bits per heavy atom. The Balaban J connectivity index is 3.72. The van der Waals surface area contributed by atoms with Crippen LogP contribution in [0.25, 0.3) is 0 Å². The molecule has 0 bridgehead atoms. The van der Waals surface area contributed by atoms with Crippen LogP contribution < -0.4 is 0 Å². The summed E-state index contributed by atoms with van der Waals surface area (Å²) in [6.45, 7) is 19.2. The van der Waals surface area contributed by atoms with E-state index in [-0.39, 0.29) is 0 Å². The summed E-state index contributed by atoms with van der Waals surface area (Å²) in [7, 11) is 0. The fourth-order valence-electron chi connectivity index (χ4n) is 4.23. The molecule has 0 rings (SSSR count). The van der Waals surface area contributed by atoms with Gasteiger partial charge in [0.15, 0.2) is 0 Å². The van der Waals surface area contributed by atoms with Crippen LogP contribution >= 0.6 is 0 Å². The van der Waals surface area contributed by atoms with Crippen LogP contribution in [0, 0.1) is 35.5 Å². The average Bonchev–Trinajstić information content (AvgIpc) is 2.25. The minimum Gasteiger partial charge on any atom is -0.0628 e. The topological polar surface area (TPSA) is 0 Å². The maximum Gasteiger partial charge on any atom is -0.0438 e. The van der Waals surface area contributed by atoms with Crippen LogP contribution in [0.15, 0.2) is 0 Å². The molecule has 0 saturated carbocycles. The second-order valence-corrected chi connectivity index (χ2v) is 9.08. The lowest BCUT2D eigenvalue weighted by atomic mass is 9.85. The zero-order valence-corrected chi connectivity index (χ0v) is 16.4. The van der Waals surface area contributed by atoms with Gasteiger partial charge in [-0.2, -0.15) is 0 Å². The highest BCUT2D eigenvalue weighted by atomic mass is 14.2. The molecule has 0 aliphatic heterocycles. The zero-order valence-electron chi connectivity index (χ0n) is 16.4. The molecular formula is C21H44. The Bertz CT molecular complexity index is 204. The molecular weight excluding hydrogens is 252 g/mol. The fourth-order valence-corrected chi connectivity index (χ4v) is 4.23. The van der Waals surface area contributed by atoms with E-state index < -0.39 is 0 Å². The predicted octanol–water partition coefficient (Wildman–Crippen LogP) is 7.57. The normalized spacial score (nSPS) is 18.0. The largest absolute Gasteiger partial charge is 0.0628 e. The molecule has 0 nitrogen and oxygen atoms in total. The lowest BCUT2D eigenvalue weighted by Gasteiger charge is -2.21. The van der Waals surface area contributed by atoms with Crippen molar-refractivity contribution in [2.24, 2.45) is 35.5 Å². The van der Waals surface area contributed by atoms with Crippen LogP contribution in [0.3, 0.4) is 0 Å². The highest BCUT2D eigenvalue weighted by Crippen LogP contribution is 2.26. The maximum absolute atomic E-state index is 2.46. The molecule has 0 amide bonds. The van der Waals surface area contributed by atoms with Gasteiger partial charge >= 0.3 is 0 Å². The van der Waals surface area contributed by atoms with Crippen LogP contribution in [0.1, 0.15) is 100 Å². The van der Waals surface area contributed by atoms with Crippen LogP contribution in [0.4, 0.5) is 0 Å². The Morgan fingerprint density at radius 2 is 0.762 bits per heavy atom. The maximum atomic E-state index is 2.46. The van der Waals surface area contributed by atoms with Crippen molar-refractivity contribution >= 4 is 0 Å². The molecule has 4 atom stereocenters. The molecule has 0 radical (unpaired) electrons. The van der Waals surface area contributed by atoms with Gasteiger partial charge in [-0.05, 0) is 61.2 Å². The summed E-state index contributed by atoms with van der Waals surface area (Å²) in [6, 6.07) is 0. The predicted molar refractivity (Wildman–Crippen MR) is 98.7 cm³/mol. The van der Waals surface area contributed by atoms with E-state index in [4.69, 9.17) is 0 Å². The molecule has 0 aliphatic carbocycles. The van der Waals surface area contributed by atoms with Crippen molar-refractivity contribution in [1.82, 2.24) is 0 Å². The molecule has 4 unspecified atom stereocenters. The van der Waals surface area contributed by atoms with Crippen molar-refractivity contribution in [1.29, 1.82) is 0 Å². The summed E-state index contributed by atoms with van der Waals surface area (Å²) in [5.74, 6) is 5.36. The van der Waals surface area contributed by atoms with Gasteiger partial charge in [0.25, 0.3) is 0 Å². The number of hydrogen-bond donors (Lipinski definition) is 0. The molecule has 0 spiro atoms. The van der Waals surface area contributed by atoms with Gasteiger partial charge in [0, 0.05) is 0 Å². The van der Waals surface area contributed by atoms with Crippen molar-refractivity contribution in [3.8, 4) is 0 Å². The van der Waals surface area contributed by atoms with Gasteiger partial charge in [-0.3, -0.25) is 0 Å². The molecule has 0 aromatic carbocycles. The highest BCUT2D eigenvalue weighted by molar-refractivity contribution is 4.65. The molecule has 0 aromatic rings. The minimum atomic E-state index is 0.856. The Hall–Kier alpha value is 0. The van der Waals surface area contributed by atoms with Crippen LogP contribution in [0.5, 0.6) is 0 Å². The van der Waals surface area contributed by atoms with E-state index in [0.29, 0.717) is 0 Å². The first-order valence-electron chi connectivity index (χ1n) is 9.70. The zero-order chi connectivity index (χ0) is 16.4. The summed E-state index contributed by atoms with van der Waals surface area (Å²) in [5, 5.41) is 0. The van der Waals surface area contributed by atoms with Crippen molar-refractivity contribution in [2.45, 2.75) is 100 Å². The lowest BCUT2D eigenvalue weighted by molar-refractivity contribution is 0.311. The quantitative estimate of drug-likeness (QED) is 0.348. The smallest absolute Gasteiger partial charge is 0.0438 e. The van der Waals surface area contributed by atoms with E-state index >= 15 is 0 Å². The van der Waals surface area contributed by atoms with Gasteiger partial charge in [-0.1, -0.05) is 74.7 Å². The summed E-state index contributed by atoms with van der Waals surface area (Å²) in [6.07, 6.45) is 9.95. The second kappa shape index (κ2) is 11.6. The first-order chi connectivity index (χ1) is 9.70. The van der Waals surface area contributed by atoms with Crippen LogP contribution in [-0.4, -0.2) is 0 Å². The SMILES string of the molecule is CC(C)CC(C)CC(C)CCCC(C)CC(C)CC(C)C. The minimum absolute atomic E-state index is 0.856. The molecule has 0 aromatic heterocycles. The molecule has 0 saturated heterocycles. The second-order valence-electron chi connectivity index (χ2n) is 9.08. The summed E-state index contributed by atoms with van der Waals surface area (Å²) in [5.41, 5.74) is 0. The van der Waals surface area contributed by atoms with Gasteiger partial charge in [0.05, 0.1) is 0 Å². The highest BCUT2D eigenvalue weighted by Gasteiger charge is 2.13. The van der Waals surface area contributed by atoms with Gasteiger partial charge in [0.2, 0.25) is 0 Å². The lowest BCUT2D eigenvalue weighted by Crippen LogP contribution is -2.08. The van der Waals surface area contributed by atoms with Crippen molar-refractivity contribution in [3.63, 3.8) is 0 Å². The Morgan fingerprint density at radius 3 is 1.05 bits per heavy atom. The number of hydrogen-bond acceptors (Lipinski definition) is 0. The molecule has 0 heteroatoms. The fraction of sp³-hybridized carbons (Fsp3) is 1.00. The van der Waals surface area contributed by atoms with Gasteiger partial charge in [-0.15, -0.1) is 0 Å². The Labute approximate surface area is 136 Å². The third-order valence-corrected chi connectivity index (χ3v) is 4.75. The molecule has 21 heavy (non-hydrogen) atoms. The average molecular weight is 297 g/mol. The number of rotatable bonds is 12. The van der Waals surface area contributed by atoms with E-state index in [1.54, 1.807) is 0 Å². The van der Waals surface area contributed by atoms with E-state index in [1.165, 1.54) is 44.9 Å². The molecule has 0 fully saturated rings. The van der Waals surface area contributed by atoms with Crippen molar-refractivity contribution < 1.29 is 0 Å². The van der Waals surface area contributed by atoms with Crippen molar-refractivity contribution in [3.05, 3.63) is 0 Å². The molecule has 0 aliphatic rings. The molecule has 0 heterocycles. The van der Waals surface area contributed by atoms with E-state index in [1.807, 2.05) is 0 Å². The summed E-state index contributed by atoms with van der Waals surface area (Å²) in [4.78, 5) is 0. The third-order valence-electron chi connectivity index (χ3n) is 4.75. The van der Waals surface area contributed by atoms with Gasteiger partial charge in [0.1, 0.15) is 0 Å². The van der Waals surface area contributed by atoms with Gasteiger partial charge < -0.3 is 0 Å². The van der Waals surface area contributed by atoms with Crippen LogP contribution in [-0.2, 0) is 0 Å². The monoisotopic (exact) mass is 296 g/mol. The van der Waals surface area contributed by atoms with E-state index in [9.17, 15) is 0 Å². The van der Waals surface area contributed by atoms with Gasteiger partial charge in [-0.25, -0.2) is 0 Å². The molecule has 0 N–H and O–H groups in total. The standard InChI is InChI=1S/C21H44/c1-16(2)12-20(7)14-18(5)10-9-11-19(6)15-21(8)13-17(3)4/h16-21H,9-15H2,1-8H3. The van der Waals surface area contributed by atoms with E-state index in [0.717, 1.165) is 35.5 Å². The third kappa shape index (κ3) is 13.4. The van der Waals surface area contributed by atoms with Crippen molar-refractivity contribution in [2.75, 3.05) is 0 Å². The summed E-state index contributed by atoms with van der Waals surface area (Å²) < 4.78 is 0. The first kappa shape index (κ1) is 21.0. The van der Waals surface area contributed by atoms with Crippen LogP contribution in [0.2, 0.25) is 0 Å². The van der Waals surface area contributed by atoms with E-state index in [2.05, 4.69) is 55.4 Å². The first-order valence-corrected chi connectivity index (χ1v) is 9.70. The Kier molecular flexibility index (Phi) is 11.6. The summed E-state index contributed by atoms with van der Waals surface area (Å²) >= 11 is 0. The molecule has 128 valence electrons.